The average Bonchev–Trinajstić information content (AvgIpc) is 2.39. The van der Waals surface area contributed by atoms with E-state index in [0.29, 0.717) is 5.69 Å². The minimum Gasteiger partial charge on any atom is -0.323 e. The summed E-state index contributed by atoms with van der Waals surface area (Å²) in [5.74, 6) is 5.26. The van der Waals surface area contributed by atoms with Crippen LogP contribution in [0.5, 0.6) is 0 Å². The molecule has 0 aliphatic carbocycles. The van der Waals surface area contributed by atoms with E-state index in [9.17, 15) is 8.42 Å². The second kappa shape index (κ2) is 4.98. The van der Waals surface area contributed by atoms with Gasteiger partial charge in [0.2, 0.25) is 0 Å². The lowest BCUT2D eigenvalue weighted by molar-refractivity contribution is 0.601. The first-order valence-corrected chi connectivity index (χ1v) is 6.45. The predicted octanol–water partition coefficient (Wildman–Crippen LogP) is 0.563. The number of nitrogen functional groups attached to an aromatic ring is 1. The standard InChI is InChI=1S/C10H11N5O2S/c11-14-9-3-5-13-7-10(9)18(16,17)15-8-2-1-4-12-6-8/h1-7,15H,11H2,(H,13,14). The maximum absolute atomic E-state index is 12.1. The zero-order valence-corrected chi connectivity index (χ0v) is 10.1. The molecule has 8 heteroatoms. The molecule has 18 heavy (non-hydrogen) atoms. The molecule has 0 saturated carbocycles. The summed E-state index contributed by atoms with van der Waals surface area (Å²) in [5, 5.41) is 0. The molecule has 0 aliphatic heterocycles. The van der Waals surface area contributed by atoms with Crippen LogP contribution in [0.3, 0.4) is 0 Å². The van der Waals surface area contributed by atoms with Crippen LogP contribution in [0.2, 0.25) is 0 Å². The van der Waals surface area contributed by atoms with Gasteiger partial charge in [0.05, 0.1) is 17.6 Å². The molecule has 0 atom stereocenters. The summed E-state index contributed by atoms with van der Waals surface area (Å²) in [5.41, 5.74) is 2.94. The van der Waals surface area contributed by atoms with Gasteiger partial charge in [-0.3, -0.25) is 20.5 Å². The summed E-state index contributed by atoms with van der Waals surface area (Å²) < 4.78 is 26.6. The molecule has 0 fully saturated rings. The van der Waals surface area contributed by atoms with Crippen molar-refractivity contribution in [3.05, 3.63) is 43.0 Å². The minimum absolute atomic E-state index is 0.0312. The molecule has 0 unspecified atom stereocenters. The van der Waals surface area contributed by atoms with Crippen molar-refractivity contribution in [1.82, 2.24) is 9.97 Å². The summed E-state index contributed by atoms with van der Waals surface area (Å²) in [6, 6.07) is 4.69. The highest BCUT2D eigenvalue weighted by Gasteiger charge is 2.18. The Bertz CT molecular complexity index is 630. The van der Waals surface area contributed by atoms with E-state index in [1.807, 2.05) is 0 Å². The molecule has 0 aromatic carbocycles. The highest BCUT2D eigenvalue weighted by atomic mass is 32.2. The highest BCUT2D eigenvalue weighted by molar-refractivity contribution is 7.92. The van der Waals surface area contributed by atoms with Gasteiger partial charge < -0.3 is 5.43 Å². The third-order valence-corrected chi connectivity index (χ3v) is 3.55. The molecule has 0 spiro atoms. The van der Waals surface area contributed by atoms with E-state index in [2.05, 4.69) is 20.1 Å². The number of sulfonamides is 1. The molecule has 0 radical (unpaired) electrons. The Balaban J connectivity index is 2.37. The first-order chi connectivity index (χ1) is 8.63. The summed E-state index contributed by atoms with van der Waals surface area (Å²) in [7, 11) is -3.75. The van der Waals surface area contributed by atoms with Crippen LogP contribution in [-0.4, -0.2) is 18.4 Å². The Morgan fingerprint density at radius 1 is 1.11 bits per heavy atom. The minimum atomic E-state index is -3.75. The second-order valence-electron chi connectivity index (χ2n) is 3.36. The smallest absolute Gasteiger partial charge is 0.265 e. The molecular weight excluding hydrogens is 254 g/mol. The molecule has 2 rings (SSSR count). The number of nitrogens with two attached hydrogens (primary N) is 1. The van der Waals surface area contributed by atoms with E-state index in [1.165, 1.54) is 24.7 Å². The van der Waals surface area contributed by atoms with E-state index >= 15 is 0 Å². The van der Waals surface area contributed by atoms with Gasteiger partial charge in [-0.25, -0.2) is 8.42 Å². The normalized spacial score (nSPS) is 10.9. The van der Waals surface area contributed by atoms with Crippen LogP contribution in [0.1, 0.15) is 0 Å². The molecule has 0 aliphatic rings. The van der Waals surface area contributed by atoms with Gasteiger partial charge in [0.15, 0.2) is 0 Å². The van der Waals surface area contributed by atoms with Crippen molar-refractivity contribution >= 4 is 21.4 Å². The maximum Gasteiger partial charge on any atom is 0.265 e. The van der Waals surface area contributed by atoms with Crippen molar-refractivity contribution < 1.29 is 8.42 Å². The number of hydrogen-bond donors (Lipinski definition) is 3. The number of hydrazine groups is 1. The summed E-state index contributed by atoms with van der Waals surface area (Å²) in [4.78, 5) is 7.56. The molecular formula is C10H11N5O2S. The number of anilines is 2. The van der Waals surface area contributed by atoms with Crippen LogP contribution in [0, 0.1) is 0 Å². The third kappa shape index (κ3) is 2.55. The lowest BCUT2D eigenvalue weighted by atomic mass is 10.4. The summed E-state index contributed by atoms with van der Waals surface area (Å²) >= 11 is 0. The molecule has 2 aromatic heterocycles. The topological polar surface area (TPSA) is 110 Å². The van der Waals surface area contributed by atoms with E-state index in [4.69, 9.17) is 5.84 Å². The zero-order valence-electron chi connectivity index (χ0n) is 9.24. The van der Waals surface area contributed by atoms with Crippen LogP contribution in [0.4, 0.5) is 11.4 Å². The zero-order chi connectivity index (χ0) is 13.0. The Morgan fingerprint density at radius 3 is 2.56 bits per heavy atom. The highest BCUT2D eigenvalue weighted by Crippen LogP contribution is 2.21. The molecule has 0 bridgehead atoms. The van der Waals surface area contributed by atoms with Gasteiger partial charge in [-0.1, -0.05) is 0 Å². The quantitative estimate of drug-likeness (QED) is 0.550. The van der Waals surface area contributed by atoms with Crippen molar-refractivity contribution in [3.8, 4) is 0 Å². The van der Waals surface area contributed by atoms with Gasteiger partial charge in [0.1, 0.15) is 4.90 Å². The van der Waals surface area contributed by atoms with Gasteiger partial charge in [-0.2, -0.15) is 0 Å². The maximum atomic E-state index is 12.1. The number of nitrogens with zero attached hydrogens (tertiary/aromatic N) is 2. The lowest BCUT2D eigenvalue weighted by Crippen LogP contribution is -2.17. The van der Waals surface area contributed by atoms with Crippen LogP contribution in [0.15, 0.2) is 47.9 Å². The van der Waals surface area contributed by atoms with Crippen molar-refractivity contribution in [2.24, 2.45) is 5.84 Å². The molecule has 2 heterocycles. The number of pyridine rings is 2. The third-order valence-electron chi connectivity index (χ3n) is 2.14. The fourth-order valence-corrected chi connectivity index (χ4v) is 2.50. The number of hydrogen-bond acceptors (Lipinski definition) is 6. The number of aromatic nitrogens is 2. The number of nitrogens with one attached hydrogen (secondary N) is 2. The van der Waals surface area contributed by atoms with Crippen molar-refractivity contribution in [2.75, 3.05) is 10.1 Å². The largest absolute Gasteiger partial charge is 0.323 e. The molecule has 2 aromatic rings. The predicted molar refractivity (Wildman–Crippen MR) is 67.1 cm³/mol. The van der Waals surface area contributed by atoms with Crippen molar-refractivity contribution in [3.63, 3.8) is 0 Å². The fourth-order valence-electron chi connectivity index (χ4n) is 1.35. The van der Waals surface area contributed by atoms with Gasteiger partial charge in [-0.05, 0) is 18.2 Å². The van der Waals surface area contributed by atoms with Crippen molar-refractivity contribution in [1.29, 1.82) is 0 Å². The monoisotopic (exact) mass is 265 g/mol. The van der Waals surface area contributed by atoms with Gasteiger partial charge >= 0.3 is 0 Å². The van der Waals surface area contributed by atoms with E-state index < -0.39 is 10.0 Å². The van der Waals surface area contributed by atoms with E-state index in [1.54, 1.807) is 18.3 Å². The Hall–Kier alpha value is -2.19. The van der Waals surface area contributed by atoms with Crippen LogP contribution in [0.25, 0.3) is 0 Å². The summed E-state index contributed by atoms with van der Waals surface area (Å²) in [6.45, 7) is 0. The molecule has 7 nitrogen and oxygen atoms in total. The molecule has 94 valence electrons. The first kappa shape index (κ1) is 12.3. The van der Waals surface area contributed by atoms with Gasteiger partial charge in [0, 0.05) is 18.6 Å². The van der Waals surface area contributed by atoms with E-state index in [-0.39, 0.29) is 10.6 Å². The molecule has 0 amide bonds. The Kier molecular flexibility index (Phi) is 3.40. The first-order valence-electron chi connectivity index (χ1n) is 4.97. The molecule has 0 saturated heterocycles. The average molecular weight is 265 g/mol. The summed E-state index contributed by atoms with van der Waals surface area (Å²) in [6.07, 6.45) is 5.62. The molecule has 4 N–H and O–H groups in total. The van der Waals surface area contributed by atoms with Crippen molar-refractivity contribution in [2.45, 2.75) is 4.90 Å². The SMILES string of the molecule is NNc1ccncc1S(=O)(=O)Nc1cccnc1. The Morgan fingerprint density at radius 2 is 1.89 bits per heavy atom. The van der Waals surface area contributed by atoms with Gasteiger partial charge in [0.25, 0.3) is 10.0 Å². The van der Waals surface area contributed by atoms with E-state index in [0.717, 1.165) is 0 Å². The fraction of sp³-hybridized carbons (Fsp3) is 0. The van der Waals surface area contributed by atoms with Crippen LogP contribution in [-0.2, 0) is 10.0 Å². The van der Waals surface area contributed by atoms with Crippen LogP contribution < -0.4 is 16.0 Å². The lowest BCUT2D eigenvalue weighted by Gasteiger charge is -2.10. The second-order valence-corrected chi connectivity index (χ2v) is 5.01. The van der Waals surface area contributed by atoms with Crippen LogP contribution >= 0.6 is 0 Å². The van der Waals surface area contributed by atoms with Gasteiger partial charge in [-0.15, -0.1) is 0 Å². The Labute approximate surface area is 104 Å². The number of rotatable bonds is 4.